The van der Waals surface area contributed by atoms with Gasteiger partial charge in [-0.2, -0.15) is 0 Å². The van der Waals surface area contributed by atoms with E-state index >= 15 is 0 Å². The summed E-state index contributed by atoms with van der Waals surface area (Å²) >= 11 is 0. The minimum Gasteiger partial charge on any atom is -0.0888 e. The second-order valence-corrected chi connectivity index (χ2v) is 3.70. The van der Waals surface area contributed by atoms with Gasteiger partial charge in [0.05, 0.1) is 0 Å². The lowest BCUT2D eigenvalue weighted by atomic mass is 9.99. The van der Waals surface area contributed by atoms with Crippen LogP contribution in [0.3, 0.4) is 0 Å². The maximum Gasteiger partial charge on any atom is -0.0348 e. The predicted molar refractivity (Wildman–Crippen MR) is 57.4 cm³/mol. The third-order valence-corrected chi connectivity index (χ3v) is 2.28. The van der Waals surface area contributed by atoms with Crippen molar-refractivity contribution in [2.24, 2.45) is 5.92 Å². The lowest BCUT2D eigenvalue weighted by Crippen LogP contribution is -1.92. The quantitative estimate of drug-likeness (QED) is 0.489. The summed E-state index contributed by atoms with van der Waals surface area (Å²) < 4.78 is 0. The molecule has 0 heterocycles. The van der Waals surface area contributed by atoms with Gasteiger partial charge in [-0.05, 0) is 25.2 Å². The minimum absolute atomic E-state index is 0.923. The molecule has 0 aliphatic carbocycles. The first-order valence-corrected chi connectivity index (χ1v) is 5.46. The second-order valence-electron chi connectivity index (χ2n) is 3.70. The van der Waals surface area contributed by atoms with E-state index in [0.29, 0.717) is 0 Å². The standard InChI is InChI=1S/C12H24/c1-4-6-8-9-11-12(3)10-7-5-2/h6,8,12H,4-5,7,9-11H2,1-3H3. The normalized spacial score (nSPS) is 13.9. The molecule has 0 aromatic rings. The second kappa shape index (κ2) is 8.83. The third-order valence-electron chi connectivity index (χ3n) is 2.28. The van der Waals surface area contributed by atoms with Gasteiger partial charge >= 0.3 is 0 Å². The van der Waals surface area contributed by atoms with Crippen LogP contribution in [0.25, 0.3) is 0 Å². The molecule has 0 bridgehead atoms. The molecule has 0 rings (SSSR count). The molecular formula is C12H24. The van der Waals surface area contributed by atoms with Crippen molar-refractivity contribution in [3.63, 3.8) is 0 Å². The number of allylic oxidation sites excluding steroid dienone is 2. The van der Waals surface area contributed by atoms with Gasteiger partial charge in [0.15, 0.2) is 0 Å². The monoisotopic (exact) mass is 168 g/mol. The highest BCUT2D eigenvalue weighted by molar-refractivity contribution is 4.80. The summed E-state index contributed by atoms with van der Waals surface area (Å²) in [4.78, 5) is 0. The first-order chi connectivity index (χ1) is 5.81. The van der Waals surface area contributed by atoms with E-state index in [1.807, 2.05) is 0 Å². The Bertz CT molecular complexity index is 103. The molecule has 0 amide bonds. The smallest absolute Gasteiger partial charge is 0.0348 e. The fraction of sp³-hybridized carbons (Fsp3) is 0.833. The zero-order valence-electron chi connectivity index (χ0n) is 8.97. The highest BCUT2D eigenvalue weighted by atomic mass is 14.0. The molecule has 0 aliphatic heterocycles. The summed E-state index contributed by atoms with van der Waals surface area (Å²) in [5, 5.41) is 0. The molecule has 0 N–H and O–H groups in total. The van der Waals surface area contributed by atoms with Crippen LogP contribution in [0.1, 0.15) is 59.3 Å². The molecule has 0 aliphatic rings. The predicted octanol–water partition coefficient (Wildman–Crippen LogP) is 4.56. The van der Waals surface area contributed by atoms with E-state index < -0.39 is 0 Å². The van der Waals surface area contributed by atoms with Gasteiger partial charge in [0, 0.05) is 0 Å². The Morgan fingerprint density at radius 3 is 2.42 bits per heavy atom. The van der Waals surface area contributed by atoms with Crippen LogP contribution < -0.4 is 0 Å². The van der Waals surface area contributed by atoms with E-state index in [4.69, 9.17) is 0 Å². The Kier molecular flexibility index (Phi) is 8.64. The van der Waals surface area contributed by atoms with Crippen molar-refractivity contribution in [1.82, 2.24) is 0 Å². The number of hydrogen-bond donors (Lipinski definition) is 0. The van der Waals surface area contributed by atoms with Crippen LogP contribution in [-0.4, -0.2) is 0 Å². The third kappa shape index (κ3) is 7.84. The van der Waals surface area contributed by atoms with Crippen LogP contribution in [-0.2, 0) is 0 Å². The minimum atomic E-state index is 0.923. The van der Waals surface area contributed by atoms with E-state index in [1.165, 1.54) is 38.5 Å². The van der Waals surface area contributed by atoms with E-state index in [0.717, 1.165) is 5.92 Å². The molecule has 0 nitrogen and oxygen atoms in total. The number of hydrogen-bond acceptors (Lipinski definition) is 0. The van der Waals surface area contributed by atoms with Crippen LogP contribution in [0.15, 0.2) is 12.2 Å². The van der Waals surface area contributed by atoms with Crippen LogP contribution in [0, 0.1) is 5.92 Å². The van der Waals surface area contributed by atoms with Gasteiger partial charge in [0.25, 0.3) is 0 Å². The van der Waals surface area contributed by atoms with E-state index in [2.05, 4.69) is 32.9 Å². The largest absolute Gasteiger partial charge is 0.0888 e. The molecular weight excluding hydrogens is 144 g/mol. The van der Waals surface area contributed by atoms with E-state index in [1.54, 1.807) is 0 Å². The molecule has 0 aromatic carbocycles. The van der Waals surface area contributed by atoms with Crippen molar-refractivity contribution in [1.29, 1.82) is 0 Å². The summed E-state index contributed by atoms with van der Waals surface area (Å²) in [6, 6.07) is 0. The molecule has 0 fully saturated rings. The zero-order chi connectivity index (χ0) is 9.23. The molecule has 0 aromatic heterocycles. The molecule has 1 unspecified atom stereocenters. The maximum absolute atomic E-state index is 2.37. The highest BCUT2D eigenvalue weighted by Crippen LogP contribution is 2.13. The molecule has 12 heavy (non-hydrogen) atoms. The SMILES string of the molecule is CCC=CCCC(C)CCCC. The van der Waals surface area contributed by atoms with Crippen molar-refractivity contribution >= 4 is 0 Å². The van der Waals surface area contributed by atoms with Gasteiger partial charge in [0.2, 0.25) is 0 Å². The summed E-state index contributed by atoms with van der Waals surface area (Å²) in [7, 11) is 0. The Hall–Kier alpha value is -0.260. The fourth-order valence-electron chi connectivity index (χ4n) is 1.36. The Morgan fingerprint density at radius 1 is 1.08 bits per heavy atom. The van der Waals surface area contributed by atoms with Crippen LogP contribution >= 0.6 is 0 Å². The van der Waals surface area contributed by atoms with Crippen molar-refractivity contribution in [3.05, 3.63) is 12.2 Å². The van der Waals surface area contributed by atoms with Crippen molar-refractivity contribution in [3.8, 4) is 0 Å². The van der Waals surface area contributed by atoms with Gasteiger partial charge in [-0.15, -0.1) is 0 Å². The molecule has 1 atom stereocenters. The topological polar surface area (TPSA) is 0 Å². The lowest BCUT2D eigenvalue weighted by Gasteiger charge is -2.07. The Labute approximate surface area is 78.1 Å². The molecule has 0 heteroatoms. The Morgan fingerprint density at radius 2 is 1.83 bits per heavy atom. The molecule has 0 spiro atoms. The zero-order valence-corrected chi connectivity index (χ0v) is 8.97. The average Bonchev–Trinajstić information content (AvgIpc) is 2.09. The van der Waals surface area contributed by atoms with E-state index in [9.17, 15) is 0 Å². The Balaban J connectivity index is 3.18. The molecule has 0 saturated carbocycles. The van der Waals surface area contributed by atoms with Gasteiger partial charge in [-0.3, -0.25) is 0 Å². The summed E-state index contributed by atoms with van der Waals surface area (Å²) in [5.74, 6) is 0.923. The molecule has 72 valence electrons. The number of rotatable bonds is 7. The van der Waals surface area contributed by atoms with E-state index in [-0.39, 0.29) is 0 Å². The van der Waals surface area contributed by atoms with Gasteiger partial charge in [0.1, 0.15) is 0 Å². The van der Waals surface area contributed by atoms with Crippen molar-refractivity contribution in [2.45, 2.75) is 59.3 Å². The van der Waals surface area contributed by atoms with Crippen LogP contribution in [0.5, 0.6) is 0 Å². The maximum atomic E-state index is 2.37. The van der Waals surface area contributed by atoms with Gasteiger partial charge in [-0.1, -0.05) is 52.2 Å². The highest BCUT2D eigenvalue weighted by Gasteiger charge is 1.98. The average molecular weight is 168 g/mol. The van der Waals surface area contributed by atoms with Crippen LogP contribution in [0.4, 0.5) is 0 Å². The number of unbranched alkanes of at least 4 members (excludes halogenated alkanes) is 1. The molecule has 0 radical (unpaired) electrons. The first-order valence-electron chi connectivity index (χ1n) is 5.46. The summed E-state index contributed by atoms with van der Waals surface area (Å²) in [6.45, 7) is 6.83. The molecule has 0 saturated heterocycles. The van der Waals surface area contributed by atoms with Crippen molar-refractivity contribution < 1.29 is 0 Å². The fourth-order valence-corrected chi connectivity index (χ4v) is 1.36. The lowest BCUT2D eigenvalue weighted by molar-refractivity contribution is 0.475. The summed E-state index contributed by atoms with van der Waals surface area (Å²) in [6.07, 6.45) is 12.6. The van der Waals surface area contributed by atoms with Gasteiger partial charge in [-0.25, -0.2) is 0 Å². The first kappa shape index (κ1) is 11.7. The van der Waals surface area contributed by atoms with Crippen molar-refractivity contribution in [2.75, 3.05) is 0 Å². The summed E-state index contributed by atoms with van der Waals surface area (Å²) in [5.41, 5.74) is 0. The van der Waals surface area contributed by atoms with Gasteiger partial charge < -0.3 is 0 Å². The van der Waals surface area contributed by atoms with Crippen LogP contribution in [0.2, 0.25) is 0 Å².